The molecule has 2 fully saturated rings. The summed E-state index contributed by atoms with van der Waals surface area (Å²) in [7, 11) is 0. The Morgan fingerprint density at radius 3 is 2.86 bits per heavy atom. The quantitative estimate of drug-likeness (QED) is 0.827. The van der Waals surface area contributed by atoms with Crippen LogP contribution in [-0.4, -0.2) is 54.8 Å². The highest BCUT2D eigenvalue weighted by atomic mass is 16.5. The van der Waals surface area contributed by atoms with E-state index in [1.54, 1.807) is 12.3 Å². The summed E-state index contributed by atoms with van der Waals surface area (Å²) >= 11 is 0. The molecule has 2 aliphatic rings. The maximum Gasteiger partial charge on any atom is 0.101 e. The van der Waals surface area contributed by atoms with Crippen LogP contribution >= 0.6 is 0 Å². The molecule has 1 aromatic heterocycles. The third kappa shape index (κ3) is 3.17. The smallest absolute Gasteiger partial charge is 0.101 e. The maximum atomic E-state index is 9.21. The second kappa shape index (κ2) is 6.42. The molecule has 0 saturated carbocycles. The highest BCUT2D eigenvalue weighted by Crippen LogP contribution is 2.25. The van der Waals surface area contributed by atoms with Gasteiger partial charge >= 0.3 is 0 Å². The summed E-state index contributed by atoms with van der Waals surface area (Å²) in [5.74, 6) is 0. The van der Waals surface area contributed by atoms with Crippen LogP contribution in [0.15, 0.2) is 18.5 Å². The van der Waals surface area contributed by atoms with Crippen molar-refractivity contribution in [1.29, 1.82) is 5.26 Å². The van der Waals surface area contributed by atoms with E-state index in [1.807, 2.05) is 6.20 Å². The van der Waals surface area contributed by atoms with E-state index in [9.17, 15) is 5.26 Å². The summed E-state index contributed by atoms with van der Waals surface area (Å²) in [6.45, 7) is 7.08. The number of hydrogen-bond donors (Lipinski definition) is 0. The zero-order chi connectivity index (χ0) is 14.7. The SMILES string of the molecule is CC1CN(C2CCN(c3cnccc3C#N)CC2)CCO1. The molecule has 0 bridgehead atoms. The lowest BCUT2D eigenvalue weighted by Crippen LogP contribution is -2.51. The van der Waals surface area contributed by atoms with Crippen LogP contribution in [0.2, 0.25) is 0 Å². The second-order valence-electron chi connectivity index (χ2n) is 5.90. The fourth-order valence-electron chi connectivity index (χ4n) is 3.38. The van der Waals surface area contributed by atoms with E-state index in [0.717, 1.165) is 56.9 Å². The van der Waals surface area contributed by atoms with Gasteiger partial charge in [-0.1, -0.05) is 0 Å². The van der Waals surface area contributed by atoms with E-state index in [2.05, 4.69) is 27.8 Å². The molecule has 21 heavy (non-hydrogen) atoms. The number of nitrogens with zero attached hydrogens (tertiary/aromatic N) is 4. The summed E-state index contributed by atoms with van der Waals surface area (Å²) in [5.41, 5.74) is 1.71. The average molecular weight is 286 g/mol. The van der Waals surface area contributed by atoms with Crippen LogP contribution in [0.3, 0.4) is 0 Å². The molecule has 0 N–H and O–H groups in total. The first-order valence-corrected chi connectivity index (χ1v) is 7.72. The van der Waals surface area contributed by atoms with Gasteiger partial charge in [-0.15, -0.1) is 0 Å². The number of anilines is 1. The Morgan fingerprint density at radius 1 is 1.33 bits per heavy atom. The number of morpholine rings is 1. The molecule has 0 aliphatic carbocycles. The Bertz CT molecular complexity index is 519. The number of piperidine rings is 1. The molecule has 5 nitrogen and oxygen atoms in total. The number of nitriles is 1. The minimum Gasteiger partial charge on any atom is -0.376 e. The third-order valence-corrected chi connectivity index (χ3v) is 4.51. The van der Waals surface area contributed by atoms with Crippen molar-refractivity contribution in [2.24, 2.45) is 0 Å². The first-order valence-electron chi connectivity index (χ1n) is 7.72. The molecule has 3 rings (SSSR count). The Balaban J connectivity index is 1.61. The van der Waals surface area contributed by atoms with Crippen molar-refractivity contribution in [2.45, 2.75) is 31.9 Å². The topological polar surface area (TPSA) is 52.4 Å². The van der Waals surface area contributed by atoms with Crippen molar-refractivity contribution in [2.75, 3.05) is 37.7 Å². The third-order valence-electron chi connectivity index (χ3n) is 4.51. The Morgan fingerprint density at radius 2 is 2.14 bits per heavy atom. The van der Waals surface area contributed by atoms with Crippen molar-refractivity contribution >= 4 is 5.69 Å². The molecule has 3 heterocycles. The van der Waals surface area contributed by atoms with E-state index < -0.39 is 0 Å². The van der Waals surface area contributed by atoms with Gasteiger partial charge in [-0.3, -0.25) is 9.88 Å². The number of hydrogen-bond acceptors (Lipinski definition) is 5. The molecule has 5 heteroatoms. The number of pyridine rings is 1. The fraction of sp³-hybridized carbons (Fsp3) is 0.625. The molecular formula is C16H22N4O. The van der Waals surface area contributed by atoms with Gasteiger partial charge in [0.05, 0.1) is 30.2 Å². The summed E-state index contributed by atoms with van der Waals surface area (Å²) in [4.78, 5) is 9.03. The average Bonchev–Trinajstić information content (AvgIpc) is 2.55. The Labute approximate surface area is 126 Å². The van der Waals surface area contributed by atoms with Gasteiger partial charge in [0.25, 0.3) is 0 Å². The molecule has 1 aromatic rings. The van der Waals surface area contributed by atoms with Gasteiger partial charge in [0, 0.05) is 38.4 Å². The van der Waals surface area contributed by atoms with E-state index in [4.69, 9.17) is 4.74 Å². The number of ether oxygens (including phenoxy) is 1. The first kappa shape index (κ1) is 14.3. The molecule has 0 aromatic carbocycles. The lowest BCUT2D eigenvalue weighted by molar-refractivity contribution is -0.0373. The normalized spacial score (nSPS) is 24.8. The minimum atomic E-state index is 0.347. The standard InChI is InChI=1S/C16H22N4O/c1-13-12-20(8-9-21-13)15-3-6-19(7-4-15)16-11-18-5-2-14(16)10-17/h2,5,11,13,15H,3-4,6-9,12H2,1H3. The lowest BCUT2D eigenvalue weighted by Gasteiger charge is -2.42. The summed E-state index contributed by atoms with van der Waals surface area (Å²) in [6, 6.07) is 4.71. The van der Waals surface area contributed by atoms with Crippen molar-refractivity contribution < 1.29 is 4.74 Å². The number of aromatic nitrogens is 1. The molecule has 2 saturated heterocycles. The van der Waals surface area contributed by atoms with Crippen LogP contribution in [0, 0.1) is 11.3 Å². The zero-order valence-electron chi connectivity index (χ0n) is 12.5. The van der Waals surface area contributed by atoms with E-state index in [-0.39, 0.29) is 0 Å². The van der Waals surface area contributed by atoms with Gasteiger partial charge < -0.3 is 9.64 Å². The molecule has 0 spiro atoms. The van der Waals surface area contributed by atoms with Crippen LogP contribution in [0.1, 0.15) is 25.3 Å². The van der Waals surface area contributed by atoms with Crippen LogP contribution in [0.4, 0.5) is 5.69 Å². The molecule has 112 valence electrons. The molecular weight excluding hydrogens is 264 g/mol. The predicted octanol–water partition coefficient (Wildman–Crippen LogP) is 1.64. The van der Waals surface area contributed by atoms with Crippen molar-refractivity contribution in [3.05, 3.63) is 24.0 Å². The Kier molecular flexibility index (Phi) is 4.37. The highest BCUT2D eigenvalue weighted by Gasteiger charge is 2.28. The summed E-state index contributed by atoms with van der Waals surface area (Å²) in [5, 5.41) is 9.21. The first-order chi connectivity index (χ1) is 10.3. The molecule has 0 amide bonds. The van der Waals surface area contributed by atoms with E-state index in [0.29, 0.717) is 12.1 Å². The van der Waals surface area contributed by atoms with Crippen LogP contribution in [-0.2, 0) is 4.74 Å². The van der Waals surface area contributed by atoms with Gasteiger partial charge in [0.2, 0.25) is 0 Å². The van der Waals surface area contributed by atoms with Gasteiger partial charge in [0.15, 0.2) is 0 Å². The van der Waals surface area contributed by atoms with Gasteiger partial charge in [-0.2, -0.15) is 5.26 Å². The summed E-state index contributed by atoms with van der Waals surface area (Å²) < 4.78 is 5.62. The zero-order valence-corrected chi connectivity index (χ0v) is 12.5. The Hall–Kier alpha value is -1.64. The fourth-order valence-corrected chi connectivity index (χ4v) is 3.38. The largest absolute Gasteiger partial charge is 0.376 e. The van der Waals surface area contributed by atoms with Gasteiger partial charge in [0.1, 0.15) is 6.07 Å². The van der Waals surface area contributed by atoms with E-state index >= 15 is 0 Å². The molecule has 1 atom stereocenters. The molecule has 0 radical (unpaired) electrons. The predicted molar refractivity (Wildman–Crippen MR) is 81.2 cm³/mol. The van der Waals surface area contributed by atoms with Gasteiger partial charge in [-0.05, 0) is 25.8 Å². The summed E-state index contributed by atoms with van der Waals surface area (Å²) in [6.07, 6.45) is 6.14. The van der Waals surface area contributed by atoms with Crippen LogP contribution in [0.25, 0.3) is 0 Å². The van der Waals surface area contributed by atoms with Gasteiger partial charge in [-0.25, -0.2) is 0 Å². The monoisotopic (exact) mass is 286 g/mol. The van der Waals surface area contributed by atoms with Crippen LogP contribution in [0.5, 0.6) is 0 Å². The molecule has 2 aliphatic heterocycles. The molecule has 1 unspecified atom stereocenters. The van der Waals surface area contributed by atoms with Crippen molar-refractivity contribution in [1.82, 2.24) is 9.88 Å². The maximum absolute atomic E-state index is 9.21. The highest BCUT2D eigenvalue weighted by molar-refractivity contribution is 5.57. The second-order valence-corrected chi connectivity index (χ2v) is 5.90. The van der Waals surface area contributed by atoms with Crippen LogP contribution < -0.4 is 4.90 Å². The van der Waals surface area contributed by atoms with E-state index in [1.165, 1.54) is 0 Å². The van der Waals surface area contributed by atoms with Crippen molar-refractivity contribution in [3.63, 3.8) is 0 Å². The minimum absolute atomic E-state index is 0.347. The van der Waals surface area contributed by atoms with Crippen molar-refractivity contribution in [3.8, 4) is 6.07 Å². The number of rotatable bonds is 2. The lowest BCUT2D eigenvalue weighted by atomic mass is 10.0.